The SMILES string of the molecule is c1ccc2c(c1)Oc1cc(-n3c4ccccc4c4ccccc43)cc3c1B2c1c(c2ccccc2c2ccccc12)O3. The first kappa shape index (κ1) is 22.2. The zero-order chi connectivity index (χ0) is 27.4. The number of aromatic nitrogens is 1. The molecule has 0 aliphatic carbocycles. The summed E-state index contributed by atoms with van der Waals surface area (Å²) in [4.78, 5) is 0. The van der Waals surface area contributed by atoms with Crippen LogP contribution in [0.2, 0.25) is 0 Å². The van der Waals surface area contributed by atoms with E-state index in [0.29, 0.717) is 0 Å². The molecule has 0 amide bonds. The van der Waals surface area contributed by atoms with Crippen LogP contribution in [0.3, 0.4) is 0 Å². The number of ether oxygens (including phenoxy) is 2. The van der Waals surface area contributed by atoms with Gasteiger partial charge in [0, 0.05) is 33.8 Å². The van der Waals surface area contributed by atoms with Crippen molar-refractivity contribution >= 4 is 66.5 Å². The Balaban J connectivity index is 1.33. The van der Waals surface area contributed by atoms with Gasteiger partial charge in [0.1, 0.15) is 23.0 Å². The molecule has 0 spiro atoms. The molecule has 0 radical (unpaired) electrons. The normalized spacial score (nSPS) is 13.1. The molecule has 3 nitrogen and oxygen atoms in total. The first-order valence-corrected chi connectivity index (χ1v) is 14.4. The Bertz CT molecular complexity index is 2390. The third-order valence-electron chi connectivity index (χ3n) is 9.09. The molecule has 4 heteroatoms. The van der Waals surface area contributed by atoms with Crippen LogP contribution in [0, 0.1) is 0 Å². The topological polar surface area (TPSA) is 23.4 Å². The largest absolute Gasteiger partial charge is 0.458 e. The maximum Gasteiger partial charge on any atom is 0.261 e. The number of benzene rings is 7. The molecule has 3 heterocycles. The van der Waals surface area contributed by atoms with Crippen molar-refractivity contribution in [3.63, 3.8) is 0 Å². The van der Waals surface area contributed by atoms with E-state index in [1.165, 1.54) is 37.9 Å². The summed E-state index contributed by atoms with van der Waals surface area (Å²) in [7, 11) is 0. The van der Waals surface area contributed by atoms with Crippen LogP contribution < -0.4 is 25.9 Å². The van der Waals surface area contributed by atoms with E-state index in [-0.39, 0.29) is 6.71 Å². The van der Waals surface area contributed by atoms with E-state index in [9.17, 15) is 0 Å². The van der Waals surface area contributed by atoms with Gasteiger partial charge in [0.15, 0.2) is 0 Å². The van der Waals surface area contributed by atoms with Gasteiger partial charge >= 0.3 is 0 Å². The fourth-order valence-corrected chi connectivity index (χ4v) is 7.40. The summed E-state index contributed by atoms with van der Waals surface area (Å²) in [6.07, 6.45) is 0. The Kier molecular flexibility index (Phi) is 4.26. The number of fused-ring (bicyclic) bond motifs is 12. The van der Waals surface area contributed by atoms with Gasteiger partial charge in [0.25, 0.3) is 6.71 Å². The average Bonchev–Trinajstić information content (AvgIpc) is 3.39. The Labute approximate surface area is 242 Å². The summed E-state index contributed by atoms with van der Waals surface area (Å²) < 4.78 is 16.1. The number of nitrogens with zero attached hydrogens (tertiary/aromatic N) is 1. The molecule has 7 aromatic carbocycles. The predicted octanol–water partition coefficient (Wildman–Crippen LogP) is 7.82. The van der Waals surface area contributed by atoms with E-state index < -0.39 is 0 Å². The lowest BCUT2D eigenvalue weighted by Gasteiger charge is -2.34. The van der Waals surface area contributed by atoms with Crippen LogP contribution in [0.4, 0.5) is 0 Å². The lowest BCUT2D eigenvalue weighted by Crippen LogP contribution is -2.57. The lowest BCUT2D eigenvalue weighted by molar-refractivity contribution is 0.467. The van der Waals surface area contributed by atoms with Crippen LogP contribution >= 0.6 is 0 Å². The minimum absolute atomic E-state index is 0.00888. The van der Waals surface area contributed by atoms with Crippen molar-refractivity contribution in [2.45, 2.75) is 0 Å². The maximum atomic E-state index is 7.03. The summed E-state index contributed by atoms with van der Waals surface area (Å²) in [5.41, 5.74) is 6.80. The van der Waals surface area contributed by atoms with Crippen LogP contribution in [-0.2, 0) is 0 Å². The van der Waals surface area contributed by atoms with Gasteiger partial charge in [-0.15, -0.1) is 0 Å². The van der Waals surface area contributed by atoms with E-state index in [0.717, 1.165) is 50.6 Å². The van der Waals surface area contributed by atoms with Crippen LogP contribution in [0.25, 0.3) is 49.0 Å². The minimum Gasteiger partial charge on any atom is -0.458 e. The monoisotopic (exact) mass is 535 g/mol. The second kappa shape index (κ2) is 8.05. The van der Waals surface area contributed by atoms with Gasteiger partial charge in [-0.2, -0.15) is 0 Å². The van der Waals surface area contributed by atoms with Gasteiger partial charge in [-0.05, 0) is 45.3 Å². The minimum atomic E-state index is -0.00888. The molecule has 2 aliphatic heterocycles. The Hall–Kier alpha value is -5.48. The van der Waals surface area contributed by atoms with Crippen molar-refractivity contribution < 1.29 is 9.47 Å². The zero-order valence-electron chi connectivity index (χ0n) is 22.5. The maximum absolute atomic E-state index is 7.03. The van der Waals surface area contributed by atoms with E-state index >= 15 is 0 Å². The molecule has 0 N–H and O–H groups in total. The Morgan fingerprint density at radius 1 is 0.429 bits per heavy atom. The van der Waals surface area contributed by atoms with Crippen molar-refractivity contribution in [3.8, 4) is 28.7 Å². The number of rotatable bonds is 1. The number of hydrogen-bond acceptors (Lipinski definition) is 2. The number of hydrogen-bond donors (Lipinski definition) is 0. The van der Waals surface area contributed by atoms with Crippen LogP contribution in [0.1, 0.15) is 0 Å². The van der Waals surface area contributed by atoms with Gasteiger partial charge in [-0.25, -0.2) is 0 Å². The molecular formula is C38H22BNO2. The molecular weight excluding hydrogens is 513 g/mol. The third kappa shape index (κ3) is 2.81. The van der Waals surface area contributed by atoms with Crippen LogP contribution in [0.15, 0.2) is 133 Å². The van der Waals surface area contributed by atoms with Gasteiger partial charge in [-0.1, -0.05) is 103 Å². The zero-order valence-corrected chi connectivity index (χ0v) is 22.5. The van der Waals surface area contributed by atoms with Crippen molar-refractivity contribution in [1.82, 2.24) is 4.57 Å². The van der Waals surface area contributed by atoms with E-state index in [2.05, 4.69) is 138 Å². The summed E-state index contributed by atoms with van der Waals surface area (Å²) in [6, 6.07) is 47.4. The highest BCUT2D eigenvalue weighted by Crippen LogP contribution is 2.43. The van der Waals surface area contributed by atoms with Gasteiger partial charge < -0.3 is 14.0 Å². The molecule has 0 saturated heterocycles. The Morgan fingerprint density at radius 3 is 1.67 bits per heavy atom. The molecule has 8 aromatic rings. The lowest BCUT2D eigenvalue weighted by atomic mass is 9.34. The standard InChI is InChI=1S/C38H22BNO2/c1-3-15-28-24(11-1)25-12-2-4-16-29(25)38-36(28)39-30-17-7-10-20-33(30)41-34-21-23(22-35(42-38)37(34)39)40-31-18-8-5-13-26(31)27-14-6-9-19-32(27)40/h1-22H. The second-order valence-corrected chi connectivity index (χ2v) is 11.2. The summed E-state index contributed by atoms with van der Waals surface area (Å²) in [6.45, 7) is -0.00888. The number of para-hydroxylation sites is 3. The van der Waals surface area contributed by atoms with Gasteiger partial charge in [-0.3, -0.25) is 0 Å². The van der Waals surface area contributed by atoms with Crippen molar-refractivity contribution in [2.24, 2.45) is 0 Å². The molecule has 0 fully saturated rings. The van der Waals surface area contributed by atoms with Crippen LogP contribution in [-0.4, -0.2) is 11.3 Å². The average molecular weight is 535 g/mol. The predicted molar refractivity (Wildman–Crippen MR) is 173 cm³/mol. The van der Waals surface area contributed by atoms with Gasteiger partial charge in [0.05, 0.1) is 16.7 Å². The quantitative estimate of drug-likeness (QED) is 0.158. The van der Waals surface area contributed by atoms with Crippen molar-refractivity contribution in [3.05, 3.63) is 133 Å². The molecule has 10 rings (SSSR count). The molecule has 2 aliphatic rings. The highest BCUT2D eigenvalue weighted by molar-refractivity contribution is 6.99. The van der Waals surface area contributed by atoms with E-state index in [1.54, 1.807) is 0 Å². The van der Waals surface area contributed by atoms with E-state index in [1.807, 2.05) is 0 Å². The fourth-order valence-electron chi connectivity index (χ4n) is 7.40. The molecule has 0 unspecified atom stereocenters. The molecule has 0 saturated carbocycles. The molecule has 0 bridgehead atoms. The molecule has 42 heavy (non-hydrogen) atoms. The molecule has 194 valence electrons. The van der Waals surface area contributed by atoms with Crippen LogP contribution in [0.5, 0.6) is 23.0 Å². The summed E-state index contributed by atoms with van der Waals surface area (Å²) in [5.74, 6) is 3.52. The van der Waals surface area contributed by atoms with Gasteiger partial charge in [0.2, 0.25) is 0 Å². The molecule has 0 atom stereocenters. The highest BCUT2D eigenvalue weighted by atomic mass is 16.5. The summed E-state index contributed by atoms with van der Waals surface area (Å²) >= 11 is 0. The third-order valence-corrected chi connectivity index (χ3v) is 9.09. The van der Waals surface area contributed by atoms with Crippen molar-refractivity contribution in [2.75, 3.05) is 0 Å². The second-order valence-electron chi connectivity index (χ2n) is 11.2. The molecule has 1 aromatic heterocycles. The van der Waals surface area contributed by atoms with Crippen molar-refractivity contribution in [1.29, 1.82) is 0 Å². The Morgan fingerprint density at radius 2 is 0.952 bits per heavy atom. The van der Waals surface area contributed by atoms with E-state index in [4.69, 9.17) is 9.47 Å². The smallest absolute Gasteiger partial charge is 0.261 e. The first-order valence-electron chi connectivity index (χ1n) is 14.4. The highest BCUT2D eigenvalue weighted by Gasteiger charge is 2.42. The first-order chi connectivity index (χ1) is 20.8. The summed E-state index contributed by atoms with van der Waals surface area (Å²) in [5, 5.41) is 7.25. The fraction of sp³-hybridized carbons (Fsp3) is 0.